The van der Waals surface area contributed by atoms with Crippen LogP contribution >= 0.6 is 0 Å². The fraction of sp³-hybridized carbons (Fsp3) is 0.700. The summed E-state index contributed by atoms with van der Waals surface area (Å²) in [6.45, 7) is 1.37. The minimum Gasteiger partial charge on any atom is -0.481 e. The monoisotopic (exact) mass is 388 g/mol. The molecule has 1 aromatic rings. The van der Waals surface area contributed by atoms with Gasteiger partial charge in [0.1, 0.15) is 6.04 Å². The molecule has 28 heavy (non-hydrogen) atoms. The molecule has 0 aromatic carbocycles. The number of anilines is 1. The third-order valence-corrected chi connectivity index (χ3v) is 6.58. The van der Waals surface area contributed by atoms with E-state index in [0.717, 1.165) is 25.7 Å². The molecule has 0 unspecified atom stereocenters. The number of carbonyl (C=O) groups is 2. The van der Waals surface area contributed by atoms with Gasteiger partial charge in [-0.05, 0) is 38.0 Å². The molecule has 8 nitrogen and oxygen atoms in total. The topological polar surface area (TPSA) is 95.9 Å². The molecule has 1 amide bonds. The van der Waals surface area contributed by atoms with Gasteiger partial charge in [0.15, 0.2) is 0 Å². The molecule has 0 radical (unpaired) electrons. The van der Waals surface area contributed by atoms with Crippen molar-refractivity contribution in [3.63, 3.8) is 0 Å². The Morgan fingerprint density at radius 1 is 1.18 bits per heavy atom. The first-order chi connectivity index (χ1) is 13.6. The number of carboxylic acid groups (broad SMARTS) is 1. The Bertz CT molecular complexity index is 735. The van der Waals surface area contributed by atoms with Gasteiger partial charge in [0.05, 0.1) is 7.11 Å². The highest BCUT2D eigenvalue weighted by molar-refractivity contribution is 5.86. The highest BCUT2D eigenvalue weighted by atomic mass is 16.5. The van der Waals surface area contributed by atoms with Gasteiger partial charge in [0, 0.05) is 37.3 Å². The van der Waals surface area contributed by atoms with E-state index in [2.05, 4.69) is 14.9 Å². The van der Waals surface area contributed by atoms with Crippen molar-refractivity contribution in [3.05, 3.63) is 12.3 Å². The normalized spacial score (nSPS) is 28.1. The van der Waals surface area contributed by atoms with Crippen LogP contribution in [0.15, 0.2) is 12.3 Å². The molecule has 152 valence electrons. The molecule has 0 bridgehead atoms. The lowest BCUT2D eigenvalue weighted by atomic mass is 9.84. The number of piperidine rings is 1. The summed E-state index contributed by atoms with van der Waals surface area (Å²) < 4.78 is 5.16. The molecule has 0 spiro atoms. The summed E-state index contributed by atoms with van der Waals surface area (Å²) in [6.07, 6.45) is 7.89. The summed E-state index contributed by atoms with van der Waals surface area (Å²) in [5, 5.41) is 9.69. The van der Waals surface area contributed by atoms with Crippen LogP contribution in [0.2, 0.25) is 0 Å². The van der Waals surface area contributed by atoms with Gasteiger partial charge >= 0.3 is 5.97 Å². The van der Waals surface area contributed by atoms with Gasteiger partial charge in [-0.1, -0.05) is 12.8 Å². The van der Waals surface area contributed by atoms with E-state index in [9.17, 15) is 14.7 Å². The lowest BCUT2D eigenvalue weighted by Crippen LogP contribution is -2.50. The van der Waals surface area contributed by atoms with Gasteiger partial charge in [-0.2, -0.15) is 4.98 Å². The zero-order valence-corrected chi connectivity index (χ0v) is 16.3. The number of ether oxygens (including phenoxy) is 1. The summed E-state index contributed by atoms with van der Waals surface area (Å²) in [4.78, 5) is 37.6. The highest BCUT2D eigenvalue weighted by Crippen LogP contribution is 2.41. The Balaban J connectivity index is 1.43. The molecule has 3 fully saturated rings. The number of rotatable bonds is 4. The van der Waals surface area contributed by atoms with Crippen molar-refractivity contribution >= 4 is 17.8 Å². The predicted octanol–water partition coefficient (Wildman–Crippen LogP) is 1.95. The van der Waals surface area contributed by atoms with Crippen molar-refractivity contribution < 1.29 is 19.4 Å². The number of nitrogens with zero attached hydrogens (tertiary/aromatic N) is 4. The Labute approximate surface area is 164 Å². The smallest absolute Gasteiger partial charge is 0.326 e. The zero-order chi connectivity index (χ0) is 19.7. The van der Waals surface area contributed by atoms with E-state index in [-0.39, 0.29) is 17.9 Å². The van der Waals surface area contributed by atoms with Crippen molar-refractivity contribution in [2.24, 2.45) is 11.8 Å². The summed E-state index contributed by atoms with van der Waals surface area (Å²) in [6, 6.07) is 1.17. The number of amides is 1. The maximum Gasteiger partial charge on any atom is 0.326 e. The molecule has 4 rings (SSSR count). The molecular formula is C20H28N4O4. The number of hydrogen-bond acceptors (Lipinski definition) is 6. The number of aliphatic carboxylic acids is 1. The second-order valence-electron chi connectivity index (χ2n) is 8.11. The number of hydrogen-bond donors (Lipinski definition) is 1. The van der Waals surface area contributed by atoms with E-state index in [0.29, 0.717) is 50.1 Å². The van der Waals surface area contributed by atoms with Crippen LogP contribution in [0.25, 0.3) is 0 Å². The van der Waals surface area contributed by atoms with Gasteiger partial charge in [0.2, 0.25) is 17.7 Å². The standard InChI is InChI=1S/C20H28N4O4/c1-28-17-6-9-21-20(22-17)23-10-7-13(8-11-23)18(25)24-15-5-3-2-4-14(15)12-16(24)19(26)27/h6,9,13-16H,2-5,7-8,10-12H2,1H3,(H,26,27)/t14-,15-,16-/m0/s1. The van der Waals surface area contributed by atoms with E-state index in [1.165, 1.54) is 0 Å². The lowest BCUT2D eigenvalue weighted by Gasteiger charge is -2.38. The maximum absolute atomic E-state index is 13.3. The maximum atomic E-state index is 13.3. The van der Waals surface area contributed by atoms with Crippen LogP contribution in [0.5, 0.6) is 5.88 Å². The molecule has 3 heterocycles. The van der Waals surface area contributed by atoms with Crippen LogP contribution in [0, 0.1) is 11.8 Å². The van der Waals surface area contributed by atoms with Gasteiger partial charge in [-0.15, -0.1) is 0 Å². The van der Waals surface area contributed by atoms with Crippen LogP contribution in [-0.2, 0) is 9.59 Å². The fourth-order valence-corrected chi connectivity index (χ4v) is 5.13. The number of carbonyl (C=O) groups excluding carboxylic acids is 1. The number of aromatic nitrogens is 2. The molecule has 3 aliphatic rings. The summed E-state index contributed by atoms with van der Waals surface area (Å²) in [7, 11) is 1.57. The fourth-order valence-electron chi connectivity index (χ4n) is 5.13. The van der Waals surface area contributed by atoms with E-state index < -0.39 is 12.0 Å². The van der Waals surface area contributed by atoms with Crippen LogP contribution < -0.4 is 9.64 Å². The molecule has 2 saturated heterocycles. The third-order valence-electron chi connectivity index (χ3n) is 6.58. The van der Waals surface area contributed by atoms with E-state index in [4.69, 9.17) is 4.74 Å². The first-order valence-corrected chi connectivity index (χ1v) is 10.3. The minimum atomic E-state index is -0.857. The first kappa shape index (κ1) is 19.0. The second-order valence-corrected chi connectivity index (χ2v) is 8.11. The second kappa shape index (κ2) is 7.93. The lowest BCUT2D eigenvalue weighted by molar-refractivity contribution is -0.152. The third kappa shape index (κ3) is 3.52. The molecular weight excluding hydrogens is 360 g/mol. The van der Waals surface area contributed by atoms with Crippen LogP contribution in [0.4, 0.5) is 5.95 Å². The molecule has 1 aromatic heterocycles. The Morgan fingerprint density at radius 3 is 2.64 bits per heavy atom. The predicted molar refractivity (Wildman–Crippen MR) is 102 cm³/mol. The van der Waals surface area contributed by atoms with E-state index >= 15 is 0 Å². The molecule has 1 aliphatic carbocycles. The number of methoxy groups -OCH3 is 1. The van der Waals surface area contributed by atoms with Crippen LogP contribution in [-0.4, -0.2) is 64.1 Å². The molecule has 3 atom stereocenters. The Morgan fingerprint density at radius 2 is 1.93 bits per heavy atom. The van der Waals surface area contributed by atoms with Gasteiger partial charge in [-0.25, -0.2) is 9.78 Å². The number of carboxylic acids is 1. The van der Waals surface area contributed by atoms with Crippen molar-refractivity contribution in [1.82, 2.24) is 14.9 Å². The largest absolute Gasteiger partial charge is 0.481 e. The quantitative estimate of drug-likeness (QED) is 0.842. The summed E-state index contributed by atoms with van der Waals surface area (Å²) in [5.41, 5.74) is 0. The minimum absolute atomic E-state index is 0.0352. The first-order valence-electron chi connectivity index (χ1n) is 10.3. The van der Waals surface area contributed by atoms with Crippen LogP contribution in [0.3, 0.4) is 0 Å². The van der Waals surface area contributed by atoms with Gasteiger partial charge in [-0.3, -0.25) is 4.79 Å². The van der Waals surface area contributed by atoms with E-state index in [1.807, 2.05) is 0 Å². The van der Waals surface area contributed by atoms with Crippen molar-refractivity contribution in [3.8, 4) is 5.88 Å². The molecule has 1 saturated carbocycles. The molecule has 1 N–H and O–H groups in total. The molecule has 8 heteroatoms. The van der Waals surface area contributed by atoms with Gasteiger partial charge < -0.3 is 19.6 Å². The Hall–Kier alpha value is -2.38. The highest BCUT2D eigenvalue weighted by Gasteiger charge is 2.49. The number of likely N-dealkylation sites (tertiary alicyclic amines) is 1. The SMILES string of the molecule is COc1ccnc(N2CCC(C(=O)N3[C@H](C(=O)O)C[C@@H]4CCCC[C@@H]43)CC2)n1. The summed E-state index contributed by atoms with van der Waals surface area (Å²) >= 11 is 0. The van der Waals surface area contributed by atoms with Crippen molar-refractivity contribution in [2.45, 2.75) is 57.0 Å². The van der Waals surface area contributed by atoms with Gasteiger partial charge in [0.25, 0.3) is 0 Å². The van der Waals surface area contributed by atoms with Crippen LogP contribution in [0.1, 0.15) is 44.9 Å². The van der Waals surface area contributed by atoms with Crippen molar-refractivity contribution in [2.75, 3.05) is 25.1 Å². The Kier molecular flexibility index (Phi) is 5.37. The summed E-state index contributed by atoms with van der Waals surface area (Å²) in [5.74, 6) is 0.543. The zero-order valence-electron chi connectivity index (χ0n) is 16.3. The van der Waals surface area contributed by atoms with Crippen molar-refractivity contribution in [1.29, 1.82) is 0 Å². The molecule has 2 aliphatic heterocycles. The average molecular weight is 388 g/mol. The average Bonchev–Trinajstić information content (AvgIpc) is 3.13. The van der Waals surface area contributed by atoms with E-state index in [1.54, 1.807) is 24.3 Å². The number of fused-ring (bicyclic) bond motifs is 1.